The number of pyridine rings is 2. The largest absolute Gasteiger partial charge is 0.298 e. The van der Waals surface area contributed by atoms with Gasteiger partial charge in [0.1, 0.15) is 11.2 Å². The van der Waals surface area contributed by atoms with Crippen molar-refractivity contribution in [3.63, 3.8) is 0 Å². The molecule has 0 saturated heterocycles. The van der Waals surface area contributed by atoms with Crippen molar-refractivity contribution in [1.29, 1.82) is 0 Å². The fraction of sp³-hybridized carbons (Fsp3) is 0. The molecule has 0 N–H and O–H groups in total. The molecular formula is C40H25N3. The molecule has 9 rings (SSSR count). The molecule has 0 bridgehead atoms. The van der Waals surface area contributed by atoms with Gasteiger partial charge in [-0.15, -0.1) is 0 Å². The van der Waals surface area contributed by atoms with E-state index in [-0.39, 0.29) is 0 Å². The second kappa shape index (κ2) is 9.37. The van der Waals surface area contributed by atoms with Gasteiger partial charge in [-0.3, -0.25) is 4.40 Å². The van der Waals surface area contributed by atoms with Crippen molar-refractivity contribution in [1.82, 2.24) is 14.4 Å². The predicted molar refractivity (Wildman–Crippen MR) is 179 cm³/mol. The number of benzene rings is 6. The smallest absolute Gasteiger partial charge is 0.137 e. The van der Waals surface area contributed by atoms with Crippen molar-refractivity contribution >= 4 is 49.1 Å². The number of hydrogen-bond donors (Lipinski definition) is 0. The molecule has 0 unspecified atom stereocenters. The van der Waals surface area contributed by atoms with E-state index in [0.29, 0.717) is 0 Å². The van der Waals surface area contributed by atoms with E-state index < -0.39 is 0 Å². The fourth-order valence-electron chi connectivity index (χ4n) is 6.35. The number of para-hydroxylation sites is 1. The maximum Gasteiger partial charge on any atom is 0.137 e. The van der Waals surface area contributed by atoms with Crippen LogP contribution in [-0.4, -0.2) is 14.4 Å². The van der Waals surface area contributed by atoms with Crippen LogP contribution in [0.15, 0.2) is 152 Å². The zero-order valence-electron chi connectivity index (χ0n) is 23.3. The normalized spacial score (nSPS) is 11.7. The summed E-state index contributed by atoms with van der Waals surface area (Å²) in [6.45, 7) is 0. The highest BCUT2D eigenvalue weighted by Gasteiger charge is 2.16. The molecule has 0 aliphatic heterocycles. The summed E-state index contributed by atoms with van der Waals surface area (Å²) in [5, 5.41) is 6.07. The van der Waals surface area contributed by atoms with Crippen LogP contribution < -0.4 is 0 Å². The topological polar surface area (TPSA) is 30.2 Å². The van der Waals surface area contributed by atoms with Crippen LogP contribution in [0.1, 0.15) is 0 Å². The highest BCUT2D eigenvalue weighted by Crippen LogP contribution is 2.35. The molecule has 0 radical (unpaired) electrons. The molecule has 43 heavy (non-hydrogen) atoms. The molecule has 0 fully saturated rings. The van der Waals surface area contributed by atoms with E-state index in [1.807, 2.05) is 24.3 Å². The number of rotatable bonds is 3. The van der Waals surface area contributed by atoms with E-state index in [2.05, 4.69) is 132 Å². The van der Waals surface area contributed by atoms with Crippen LogP contribution in [0.25, 0.3) is 82.6 Å². The first-order valence-corrected chi connectivity index (χ1v) is 14.6. The van der Waals surface area contributed by atoms with Crippen LogP contribution in [0, 0.1) is 0 Å². The highest BCUT2D eigenvalue weighted by atomic mass is 15.0. The van der Waals surface area contributed by atoms with Gasteiger partial charge < -0.3 is 0 Å². The van der Waals surface area contributed by atoms with Gasteiger partial charge in [-0.2, -0.15) is 0 Å². The van der Waals surface area contributed by atoms with Gasteiger partial charge in [0, 0.05) is 17.1 Å². The fourth-order valence-corrected chi connectivity index (χ4v) is 6.35. The average Bonchev–Trinajstić information content (AvgIpc) is 3.47. The van der Waals surface area contributed by atoms with Gasteiger partial charge in [0.15, 0.2) is 0 Å². The summed E-state index contributed by atoms with van der Waals surface area (Å²) in [5.41, 5.74) is 10.8. The summed E-state index contributed by atoms with van der Waals surface area (Å²) in [6.07, 6.45) is 2.07. The van der Waals surface area contributed by atoms with Gasteiger partial charge >= 0.3 is 0 Å². The Morgan fingerprint density at radius 1 is 0.419 bits per heavy atom. The first kappa shape index (κ1) is 23.9. The molecule has 0 aliphatic carbocycles. The highest BCUT2D eigenvalue weighted by molar-refractivity contribution is 6.09. The zero-order valence-corrected chi connectivity index (χ0v) is 23.3. The molecule has 3 nitrogen and oxygen atoms in total. The van der Waals surface area contributed by atoms with Crippen molar-refractivity contribution in [2.24, 2.45) is 0 Å². The van der Waals surface area contributed by atoms with Crippen LogP contribution in [0.2, 0.25) is 0 Å². The van der Waals surface area contributed by atoms with E-state index in [4.69, 9.17) is 9.97 Å². The van der Waals surface area contributed by atoms with Crippen molar-refractivity contribution < 1.29 is 0 Å². The number of aromatic nitrogens is 3. The monoisotopic (exact) mass is 547 g/mol. The minimum Gasteiger partial charge on any atom is -0.298 e. The Bertz CT molecular complexity index is 2500. The van der Waals surface area contributed by atoms with Crippen molar-refractivity contribution in [2.75, 3.05) is 0 Å². The van der Waals surface area contributed by atoms with Crippen LogP contribution >= 0.6 is 0 Å². The zero-order chi connectivity index (χ0) is 28.3. The number of imidazole rings is 1. The summed E-state index contributed by atoms with van der Waals surface area (Å²) in [6, 6.07) is 51.8. The number of nitrogens with zero attached hydrogens (tertiary/aromatic N) is 3. The maximum absolute atomic E-state index is 5.13. The molecule has 9 aromatic rings. The van der Waals surface area contributed by atoms with Crippen LogP contribution in [0.3, 0.4) is 0 Å². The lowest BCUT2D eigenvalue weighted by Crippen LogP contribution is -1.92. The van der Waals surface area contributed by atoms with Gasteiger partial charge in [0.25, 0.3) is 0 Å². The predicted octanol–water partition coefficient (Wildman–Crippen LogP) is 10.3. The molecule has 0 spiro atoms. The van der Waals surface area contributed by atoms with E-state index in [1.165, 1.54) is 43.8 Å². The Kier molecular flexibility index (Phi) is 5.20. The molecule has 0 atom stereocenters. The third kappa shape index (κ3) is 3.90. The lowest BCUT2D eigenvalue weighted by atomic mass is 9.96. The maximum atomic E-state index is 5.13. The Hall–Kier alpha value is -5.80. The summed E-state index contributed by atoms with van der Waals surface area (Å²) in [4.78, 5) is 10.1. The van der Waals surface area contributed by atoms with E-state index in [0.717, 1.165) is 38.8 Å². The molecule has 3 heteroatoms. The van der Waals surface area contributed by atoms with Gasteiger partial charge in [0.2, 0.25) is 0 Å². The standard InChI is InChI=1S/C40H25N3/c1-2-8-29-23-31(17-14-26(29)7-1)34-21-20-32-24-30(18-19-33(32)25-34)27-12-15-28(16-13-27)38-40-39(35-9-3-4-10-36(35)41-38)42-37-11-5-6-22-43(37)40/h1-25H. The SMILES string of the molecule is c1ccc2cc(-c3ccc4cc(-c5ccc(-c6nc7ccccc7c7nc8ccccn8c67)cc5)ccc4c3)ccc2c1. The third-order valence-electron chi connectivity index (χ3n) is 8.56. The van der Waals surface area contributed by atoms with Gasteiger partial charge in [0.05, 0.1) is 16.7 Å². The Morgan fingerprint density at radius 2 is 0.977 bits per heavy atom. The van der Waals surface area contributed by atoms with Crippen LogP contribution in [0.5, 0.6) is 0 Å². The van der Waals surface area contributed by atoms with Crippen molar-refractivity contribution in [3.8, 4) is 33.5 Å². The molecule has 200 valence electrons. The van der Waals surface area contributed by atoms with Gasteiger partial charge in [-0.25, -0.2) is 9.97 Å². The summed E-state index contributed by atoms with van der Waals surface area (Å²) < 4.78 is 2.15. The van der Waals surface area contributed by atoms with Gasteiger partial charge in [-0.1, -0.05) is 109 Å². The number of hydrogen-bond acceptors (Lipinski definition) is 2. The molecule has 3 aromatic heterocycles. The summed E-state index contributed by atoms with van der Waals surface area (Å²) in [5.74, 6) is 0. The number of fused-ring (bicyclic) bond motifs is 7. The summed E-state index contributed by atoms with van der Waals surface area (Å²) >= 11 is 0. The van der Waals surface area contributed by atoms with E-state index in [9.17, 15) is 0 Å². The Balaban J connectivity index is 1.10. The molecule has 3 heterocycles. The van der Waals surface area contributed by atoms with Crippen LogP contribution in [-0.2, 0) is 0 Å². The minimum absolute atomic E-state index is 0.924. The summed E-state index contributed by atoms with van der Waals surface area (Å²) in [7, 11) is 0. The molecular weight excluding hydrogens is 522 g/mol. The molecule has 0 saturated carbocycles. The lowest BCUT2D eigenvalue weighted by molar-refractivity contribution is 1.22. The molecule has 0 aliphatic rings. The lowest BCUT2D eigenvalue weighted by Gasteiger charge is -2.10. The quantitative estimate of drug-likeness (QED) is 0.220. The van der Waals surface area contributed by atoms with Crippen molar-refractivity contribution in [3.05, 3.63) is 152 Å². The average molecular weight is 548 g/mol. The Labute approximate surface area is 248 Å². The first-order chi connectivity index (χ1) is 21.3. The van der Waals surface area contributed by atoms with Crippen LogP contribution in [0.4, 0.5) is 0 Å². The van der Waals surface area contributed by atoms with E-state index >= 15 is 0 Å². The second-order valence-corrected chi connectivity index (χ2v) is 11.1. The first-order valence-electron chi connectivity index (χ1n) is 14.6. The third-order valence-corrected chi connectivity index (χ3v) is 8.56. The second-order valence-electron chi connectivity index (χ2n) is 11.1. The Morgan fingerprint density at radius 3 is 1.74 bits per heavy atom. The van der Waals surface area contributed by atoms with E-state index in [1.54, 1.807) is 0 Å². The molecule has 0 amide bonds. The van der Waals surface area contributed by atoms with Crippen molar-refractivity contribution in [2.45, 2.75) is 0 Å². The van der Waals surface area contributed by atoms with Gasteiger partial charge in [-0.05, 0) is 80.2 Å². The molecule has 6 aromatic carbocycles. The minimum atomic E-state index is 0.924.